The maximum absolute atomic E-state index is 3.49. The van der Waals surface area contributed by atoms with Crippen molar-refractivity contribution in [2.24, 2.45) is 11.8 Å². The highest BCUT2D eigenvalue weighted by Gasteiger charge is 2.26. The maximum Gasteiger partial charge on any atom is 0.0110 e. The van der Waals surface area contributed by atoms with Crippen LogP contribution in [0.5, 0.6) is 0 Å². The summed E-state index contributed by atoms with van der Waals surface area (Å²) in [6.07, 6.45) is 0. The molecular formula is C12H25N3. The number of nitrogens with one attached hydrogen (secondary N) is 1. The monoisotopic (exact) mass is 211 g/mol. The third-order valence-electron chi connectivity index (χ3n) is 4.08. The van der Waals surface area contributed by atoms with Gasteiger partial charge in [-0.25, -0.2) is 0 Å². The molecule has 0 amide bonds. The second-order valence-corrected chi connectivity index (χ2v) is 5.13. The molecule has 3 nitrogen and oxygen atoms in total. The van der Waals surface area contributed by atoms with Gasteiger partial charge in [0, 0.05) is 32.7 Å². The van der Waals surface area contributed by atoms with Crippen molar-refractivity contribution >= 4 is 0 Å². The standard InChI is InChI=1S/C12H25N3/c1-3-14-4-6-15(7-5-14)10-12-9-13-8-11(12)2/h11-13H,3-10H2,1-2H3/t11-,12+/m1/s1. The van der Waals surface area contributed by atoms with E-state index in [4.69, 9.17) is 0 Å². The lowest BCUT2D eigenvalue weighted by atomic mass is 9.97. The molecule has 88 valence electrons. The smallest absolute Gasteiger partial charge is 0.0110 e. The highest BCUT2D eigenvalue weighted by Crippen LogP contribution is 2.17. The van der Waals surface area contributed by atoms with Crippen LogP contribution in [0.25, 0.3) is 0 Å². The molecule has 0 unspecified atom stereocenters. The largest absolute Gasteiger partial charge is 0.316 e. The molecule has 15 heavy (non-hydrogen) atoms. The molecule has 0 aromatic heterocycles. The molecule has 0 spiro atoms. The SMILES string of the molecule is CCN1CCN(C[C@@H]2CNC[C@H]2C)CC1. The summed E-state index contributed by atoms with van der Waals surface area (Å²) in [4.78, 5) is 5.20. The summed E-state index contributed by atoms with van der Waals surface area (Å²) < 4.78 is 0. The summed E-state index contributed by atoms with van der Waals surface area (Å²) in [5.74, 6) is 1.76. The molecule has 2 atom stereocenters. The van der Waals surface area contributed by atoms with E-state index in [-0.39, 0.29) is 0 Å². The number of likely N-dealkylation sites (N-methyl/N-ethyl adjacent to an activating group) is 1. The van der Waals surface area contributed by atoms with Crippen molar-refractivity contribution < 1.29 is 0 Å². The van der Waals surface area contributed by atoms with Crippen LogP contribution in [0.3, 0.4) is 0 Å². The Kier molecular flexibility index (Phi) is 4.00. The quantitative estimate of drug-likeness (QED) is 0.732. The van der Waals surface area contributed by atoms with Gasteiger partial charge < -0.3 is 15.1 Å². The average Bonchev–Trinajstić information content (AvgIpc) is 2.66. The van der Waals surface area contributed by atoms with E-state index in [0.717, 1.165) is 11.8 Å². The van der Waals surface area contributed by atoms with Gasteiger partial charge in [0.15, 0.2) is 0 Å². The molecule has 2 rings (SSSR count). The molecule has 0 aliphatic carbocycles. The zero-order valence-corrected chi connectivity index (χ0v) is 10.2. The molecule has 0 aromatic carbocycles. The van der Waals surface area contributed by atoms with Crippen LogP contribution >= 0.6 is 0 Å². The van der Waals surface area contributed by atoms with Gasteiger partial charge >= 0.3 is 0 Å². The number of hydrogen-bond donors (Lipinski definition) is 1. The van der Waals surface area contributed by atoms with Gasteiger partial charge in [0.25, 0.3) is 0 Å². The first-order valence-electron chi connectivity index (χ1n) is 6.45. The van der Waals surface area contributed by atoms with Crippen LogP contribution < -0.4 is 5.32 Å². The van der Waals surface area contributed by atoms with Crippen molar-refractivity contribution in [3.8, 4) is 0 Å². The molecule has 0 radical (unpaired) electrons. The van der Waals surface area contributed by atoms with Crippen LogP contribution in [0, 0.1) is 11.8 Å². The number of nitrogens with zero attached hydrogens (tertiary/aromatic N) is 2. The highest BCUT2D eigenvalue weighted by molar-refractivity contribution is 4.82. The Morgan fingerprint density at radius 1 is 1.07 bits per heavy atom. The third-order valence-corrected chi connectivity index (χ3v) is 4.08. The summed E-state index contributed by atoms with van der Waals surface area (Å²) in [6, 6.07) is 0. The van der Waals surface area contributed by atoms with Gasteiger partial charge in [-0.05, 0) is 31.5 Å². The fourth-order valence-electron chi connectivity index (χ4n) is 2.73. The first-order valence-corrected chi connectivity index (χ1v) is 6.45. The molecule has 0 aromatic rings. The summed E-state index contributed by atoms with van der Waals surface area (Å²) in [5.41, 5.74) is 0. The van der Waals surface area contributed by atoms with Crippen LogP contribution in [0.15, 0.2) is 0 Å². The third kappa shape index (κ3) is 2.92. The van der Waals surface area contributed by atoms with E-state index in [0.29, 0.717) is 0 Å². The van der Waals surface area contributed by atoms with Gasteiger partial charge in [0.1, 0.15) is 0 Å². The van der Waals surface area contributed by atoms with E-state index in [9.17, 15) is 0 Å². The van der Waals surface area contributed by atoms with Gasteiger partial charge in [0.2, 0.25) is 0 Å². The Balaban J connectivity index is 1.72. The Bertz CT molecular complexity index is 187. The highest BCUT2D eigenvalue weighted by atomic mass is 15.3. The lowest BCUT2D eigenvalue weighted by molar-refractivity contribution is 0.118. The second kappa shape index (κ2) is 5.28. The van der Waals surface area contributed by atoms with E-state index in [1.807, 2.05) is 0 Å². The van der Waals surface area contributed by atoms with Crippen LogP contribution in [-0.2, 0) is 0 Å². The average molecular weight is 211 g/mol. The van der Waals surface area contributed by atoms with Crippen molar-refractivity contribution in [2.45, 2.75) is 13.8 Å². The predicted octanol–water partition coefficient (Wildman–Crippen LogP) is 0.479. The van der Waals surface area contributed by atoms with Crippen molar-refractivity contribution in [3.05, 3.63) is 0 Å². The molecule has 2 aliphatic heterocycles. The first kappa shape index (κ1) is 11.4. The molecule has 1 N–H and O–H groups in total. The van der Waals surface area contributed by atoms with Gasteiger partial charge in [-0.15, -0.1) is 0 Å². The van der Waals surface area contributed by atoms with E-state index in [2.05, 4.69) is 29.0 Å². The molecule has 2 heterocycles. The van der Waals surface area contributed by atoms with E-state index in [1.54, 1.807) is 0 Å². The van der Waals surface area contributed by atoms with E-state index >= 15 is 0 Å². The van der Waals surface area contributed by atoms with E-state index in [1.165, 1.54) is 52.4 Å². The Morgan fingerprint density at radius 2 is 1.73 bits per heavy atom. The van der Waals surface area contributed by atoms with Crippen molar-refractivity contribution in [3.63, 3.8) is 0 Å². The van der Waals surface area contributed by atoms with Crippen LogP contribution in [0.1, 0.15) is 13.8 Å². The summed E-state index contributed by atoms with van der Waals surface area (Å²) in [5, 5.41) is 3.49. The predicted molar refractivity (Wildman–Crippen MR) is 64.1 cm³/mol. The van der Waals surface area contributed by atoms with Crippen molar-refractivity contribution in [2.75, 3.05) is 52.4 Å². The molecule has 2 fully saturated rings. The second-order valence-electron chi connectivity index (χ2n) is 5.13. The van der Waals surface area contributed by atoms with Gasteiger partial charge in [-0.2, -0.15) is 0 Å². The Hall–Kier alpha value is -0.120. The molecular weight excluding hydrogens is 186 g/mol. The molecule has 3 heteroatoms. The maximum atomic E-state index is 3.49. The van der Waals surface area contributed by atoms with Crippen LogP contribution in [0.2, 0.25) is 0 Å². The first-order chi connectivity index (χ1) is 7.29. The zero-order chi connectivity index (χ0) is 10.7. The minimum Gasteiger partial charge on any atom is -0.316 e. The molecule has 2 saturated heterocycles. The minimum absolute atomic E-state index is 0.870. The van der Waals surface area contributed by atoms with Crippen molar-refractivity contribution in [1.82, 2.24) is 15.1 Å². The lowest BCUT2D eigenvalue weighted by Gasteiger charge is -2.35. The van der Waals surface area contributed by atoms with Crippen molar-refractivity contribution in [1.29, 1.82) is 0 Å². The summed E-state index contributed by atoms with van der Waals surface area (Å²) in [6.45, 7) is 14.7. The molecule has 2 aliphatic rings. The normalized spacial score (nSPS) is 34.8. The van der Waals surface area contributed by atoms with Gasteiger partial charge in [-0.1, -0.05) is 13.8 Å². The van der Waals surface area contributed by atoms with E-state index < -0.39 is 0 Å². The zero-order valence-electron chi connectivity index (χ0n) is 10.2. The number of piperazine rings is 1. The van der Waals surface area contributed by atoms with Gasteiger partial charge in [-0.3, -0.25) is 0 Å². The number of hydrogen-bond acceptors (Lipinski definition) is 3. The van der Waals surface area contributed by atoms with Crippen LogP contribution in [0.4, 0.5) is 0 Å². The Labute approximate surface area is 93.8 Å². The molecule has 0 bridgehead atoms. The minimum atomic E-state index is 0.870. The van der Waals surface area contributed by atoms with Gasteiger partial charge in [0.05, 0.1) is 0 Å². The topological polar surface area (TPSA) is 18.5 Å². The fourth-order valence-corrected chi connectivity index (χ4v) is 2.73. The summed E-state index contributed by atoms with van der Waals surface area (Å²) >= 11 is 0. The Morgan fingerprint density at radius 3 is 2.27 bits per heavy atom. The number of rotatable bonds is 3. The summed E-state index contributed by atoms with van der Waals surface area (Å²) in [7, 11) is 0. The fraction of sp³-hybridized carbons (Fsp3) is 1.00. The van der Waals surface area contributed by atoms with Crippen LogP contribution in [-0.4, -0.2) is 62.2 Å². The lowest BCUT2D eigenvalue weighted by Crippen LogP contribution is -2.48. The molecule has 0 saturated carbocycles.